The van der Waals surface area contributed by atoms with Crippen LogP contribution in [0.5, 0.6) is 0 Å². The van der Waals surface area contributed by atoms with E-state index in [2.05, 4.69) is 22.5 Å². The Kier molecular flexibility index (Phi) is 5.64. The van der Waals surface area contributed by atoms with Gasteiger partial charge in [-0.25, -0.2) is 0 Å². The molecule has 0 bridgehead atoms. The first-order chi connectivity index (χ1) is 9.60. The van der Waals surface area contributed by atoms with Crippen molar-refractivity contribution in [2.75, 3.05) is 25.0 Å². The molecule has 2 N–H and O–H groups in total. The fourth-order valence-corrected chi connectivity index (χ4v) is 2.98. The molecule has 1 aromatic rings. The largest absolute Gasteiger partial charge is 0.361 e. The Morgan fingerprint density at radius 1 is 1.50 bits per heavy atom. The minimum atomic E-state index is 0.598. The zero-order valence-electron chi connectivity index (χ0n) is 12.1. The van der Waals surface area contributed by atoms with E-state index in [4.69, 9.17) is 23.8 Å². The van der Waals surface area contributed by atoms with Gasteiger partial charge in [-0.1, -0.05) is 24.6 Å². The number of hydrogen-bond acceptors (Lipinski definition) is 2. The summed E-state index contributed by atoms with van der Waals surface area (Å²) in [7, 11) is 0. The van der Waals surface area contributed by atoms with E-state index < -0.39 is 0 Å². The number of aryl methyl sites for hydroxylation is 1. The second-order valence-electron chi connectivity index (χ2n) is 5.22. The molecule has 0 aromatic heterocycles. The summed E-state index contributed by atoms with van der Waals surface area (Å²) in [6, 6.07) is 6.48. The SMILES string of the molecule is CCN1CCCC1CNC(=S)Nc1ccc(C)c(Cl)c1. The van der Waals surface area contributed by atoms with E-state index in [1.807, 2.05) is 25.1 Å². The van der Waals surface area contributed by atoms with Gasteiger partial charge in [0.15, 0.2) is 5.11 Å². The molecular weight excluding hydrogens is 290 g/mol. The van der Waals surface area contributed by atoms with Crippen LogP contribution in [0, 0.1) is 6.92 Å². The quantitative estimate of drug-likeness (QED) is 0.833. The number of rotatable bonds is 4. The van der Waals surface area contributed by atoms with E-state index >= 15 is 0 Å². The molecule has 1 aromatic carbocycles. The maximum atomic E-state index is 6.11. The van der Waals surface area contributed by atoms with Crippen LogP contribution in [0.4, 0.5) is 5.69 Å². The van der Waals surface area contributed by atoms with Crippen LogP contribution in [0.3, 0.4) is 0 Å². The molecule has 1 heterocycles. The fourth-order valence-electron chi connectivity index (χ4n) is 2.60. The van der Waals surface area contributed by atoms with Crippen molar-refractivity contribution in [3.05, 3.63) is 28.8 Å². The fraction of sp³-hybridized carbons (Fsp3) is 0.533. The number of hydrogen-bond donors (Lipinski definition) is 2. The number of benzene rings is 1. The predicted octanol–water partition coefficient (Wildman–Crippen LogP) is 3.42. The molecule has 1 atom stereocenters. The van der Waals surface area contributed by atoms with Gasteiger partial charge in [0, 0.05) is 23.3 Å². The average Bonchev–Trinajstić information content (AvgIpc) is 2.88. The Morgan fingerprint density at radius 2 is 2.30 bits per heavy atom. The predicted molar refractivity (Wildman–Crippen MR) is 90.7 cm³/mol. The van der Waals surface area contributed by atoms with Crippen molar-refractivity contribution in [3.8, 4) is 0 Å². The summed E-state index contributed by atoms with van der Waals surface area (Å²) in [5, 5.41) is 7.91. The smallest absolute Gasteiger partial charge is 0.170 e. The van der Waals surface area contributed by atoms with Gasteiger partial charge in [-0.05, 0) is 62.8 Å². The molecular formula is C15H22ClN3S. The van der Waals surface area contributed by atoms with Gasteiger partial charge in [0.05, 0.1) is 0 Å². The Labute approximate surface area is 131 Å². The molecule has 1 saturated heterocycles. The second-order valence-corrected chi connectivity index (χ2v) is 6.04. The highest BCUT2D eigenvalue weighted by molar-refractivity contribution is 7.80. The van der Waals surface area contributed by atoms with Gasteiger partial charge in [-0.3, -0.25) is 4.90 Å². The van der Waals surface area contributed by atoms with Crippen LogP contribution in [0.1, 0.15) is 25.3 Å². The second kappa shape index (κ2) is 7.25. The maximum Gasteiger partial charge on any atom is 0.170 e. The van der Waals surface area contributed by atoms with Crippen molar-refractivity contribution < 1.29 is 0 Å². The van der Waals surface area contributed by atoms with Gasteiger partial charge in [0.25, 0.3) is 0 Å². The molecule has 20 heavy (non-hydrogen) atoms. The lowest BCUT2D eigenvalue weighted by molar-refractivity contribution is 0.267. The molecule has 0 spiro atoms. The summed E-state index contributed by atoms with van der Waals surface area (Å²) in [4.78, 5) is 2.50. The minimum absolute atomic E-state index is 0.598. The van der Waals surface area contributed by atoms with E-state index in [0.29, 0.717) is 11.2 Å². The van der Waals surface area contributed by atoms with Gasteiger partial charge in [-0.2, -0.15) is 0 Å². The lowest BCUT2D eigenvalue weighted by Gasteiger charge is -2.23. The molecule has 5 heteroatoms. The average molecular weight is 312 g/mol. The summed E-state index contributed by atoms with van der Waals surface area (Å²) >= 11 is 11.4. The Morgan fingerprint density at radius 3 is 3.00 bits per heavy atom. The van der Waals surface area contributed by atoms with Gasteiger partial charge >= 0.3 is 0 Å². The first kappa shape index (κ1) is 15.5. The number of nitrogens with one attached hydrogen (secondary N) is 2. The third-order valence-corrected chi connectivity index (χ3v) is 4.49. The highest BCUT2D eigenvalue weighted by Crippen LogP contribution is 2.20. The summed E-state index contributed by atoms with van der Waals surface area (Å²) < 4.78 is 0. The van der Waals surface area contributed by atoms with Crippen LogP contribution in [0.25, 0.3) is 0 Å². The summed E-state index contributed by atoms with van der Waals surface area (Å²) in [5.74, 6) is 0. The monoisotopic (exact) mass is 311 g/mol. The van der Waals surface area contributed by atoms with Gasteiger partial charge in [0.1, 0.15) is 0 Å². The zero-order chi connectivity index (χ0) is 14.5. The van der Waals surface area contributed by atoms with E-state index in [1.165, 1.54) is 19.4 Å². The molecule has 0 saturated carbocycles. The molecule has 3 nitrogen and oxygen atoms in total. The van der Waals surface area contributed by atoms with Crippen LogP contribution in [0.15, 0.2) is 18.2 Å². The van der Waals surface area contributed by atoms with Crippen LogP contribution < -0.4 is 10.6 Å². The van der Waals surface area contributed by atoms with E-state index in [0.717, 1.165) is 29.4 Å². The lowest BCUT2D eigenvalue weighted by Crippen LogP contribution is -2.41. The Balaban J connectivity index is 1.81. The number of thiocarbonyl (C=S) groups is 1. The Hall–Kier alpha value is -0.840. The molecule has 0 radical (unpaired) electrons. The van der Waals surface area contributed by atoms with Gasteiger partial charge < -0.3 is 10.6 Å². The number of nitrogens with zero attached hydrogens (tertiary/aromatic N) is 1. The molecule has 1 aliphatic heterocycles. The van der Waals surface area contributed by atoms with Crippen molar-refractivity contribution >= 4 is 34.6 Å². The molecule has 1 aliphatic rings. The standard InChI is InChI=1S/C15H22ClN3S/c1-3-19-8-4-5-13(19)10-17-15(20)18-12-7-6-11(2)14(16)9-12/h6-7,9,13H,3-5,8,10H2,1-2H3,(H2,17,18,20). The van der Waals surface area contributed by atoms with E-state index in [-0.39, 0.29) is 0 Å². The maximum absolute atomic E-state index is 6.11. The first-order valence-corrected chi connectivity index (χ1v) is 7.94. The van der Waals surface area contributed by atoms with Crippen molar-refractivity contribution in [2.45, 2.75) is 32.7 Å². The van der Waals surface area contributed by atoms with Crippen molar-refractivity contribution in [1.29, 1.82) is 0 Å². The van der Waals surface area contributed by atoms with Crippen LogP contribution in [-0.4, -0.2) is 35.7 Å². The first-order valence-electron chi connectivity index (χ1n) is 7.15. The van der Waals surface area contributed by atoms with Crippen molar-refractivity contribution in [2.24, 2.45) is 0 Å². The van der Waals surface area contributed by atoms with Crippen molar-refractivity contribution in [3.63, 3.8) is 0 Å². The van der Waals surface area contributed by atoms with E-state index in [9.17, 15) is 0 Å². The van der Waals surface area contributed by atoms with E-state index in [1.54, 1.807) is 0 Å². The molecule has 0 amide bonds. The number of likely N-dealkylation sites (N-methyl/N-ethyl adjacent to an activating group) is 1. The molecule has 0 aliphatic carbocycles. The number of halogens is 1. The van der Waals surface area contributed by atoms with Gasteiger partial charge in [0.2, 0.25) is 0 Å². The highest BCUT2D eigenvalue weighted by atomic mass is 35.5. The van der Waals surface area contributed by atoms with Crippen LogP contribution in [0.2, 0.25) is 5.02 Å². The third kappa shape index (κ3) is 4.08. The molecule has 110 valence electrons. The Bertz CT molecular complexity index is 478. The lowest BCUT2D eigenvalue weighted by atomic mass is 10.2. The minimum Gasteiger partial charge on any atom is -0.361 e. The number of anilines is 1. The summed E-state index contributed by atoms with van der Waals surface area (Å²) in [5.41, 5.74) is 2.00. The topological polar surface area (TPSA) is 27.3 Å². The number of likely N-dealkylation sites (tertiary alicyclic amines) is 1. The molecule has 2 rings (SSSR count). The molecule has 1 fully saturated rings. The summed E-state index contributed by atoms with van der Waals surface area (Å²) in [6.45, 7) is 7.42. The molecule has 1 unspecified atom stereocenters. The highest BCUT2D eigenvalue weighted by Gasteiger charge is 2.22. The summed E-state index contributed by atoms with van der Waals surface area (Å²) in [6.07, 6.45) is 2.54. The van der Waals surface area contributed by atoms with Crippen molar-refractivity contribution in [1.82, 2.24) is 10.2 Å². The van der Waals surface area contributed by atoms with Crippen LogP contribution >= 0.6 is 23.8 Å². The zero-order valence-corrected chi connectivity index (χ0v) is 13.7. The third-order valence-electron chi connectivity index (χ3n) is 3.83. The normalized spacial score (nSPS) is 19.1. The van der Waals surface area contributed by atoms with Crippen LogP contribution in [-0.2, 0) is 0 Å². The van der Waals surface area contributed by atoms with Gasteiger partial charge in [-0.15, -0.1) is 0 Å².